The summed E-state index contributed by atoms with van der Waals surface area (Å²) in [5.41, 5.74) is 0.430. The molecule has 2 saturated carbocycles. The standard InChI is InChI=1S/C30H47N3O5S/c1-30(2,3)38-29(36)32-24-14-12-23(13-15-24)27(34)33-26(20-39-19-22-8-6-5-7-9-22)28(35)31-18-21-10-16-25(37-4)17-11-21/h10-11,16-17,22-24,26H,5-9,12-15,18-20H2,1-4H3,(H,31,35)(H,32,36)(H,33,34)/t23?,24?,26-/m0/s1. The second kappa shape index (κ2) is 15.4. The van der Waals surface area contributed by atoms with E-state index in [1.165, 1.54) is 32.1 Å². The zero-order chi connectivity index (χ0) is 28.3. The summed E-state index contributed by atoms with van der Waals surface area (Å²) < 4.78 is 10.6. The van der Waals surface area contributed by atoms with Gasteiger partial charge in [-0.15, -0.1) is 0 Å². The van der Waals surface area contributed by atoms with Crippen molar-refractivity contribution in [1.29, 1.82) is 0 Å². The summed E-state index contributed by atoms with van der Waals surface area (Å²) in [6, 6.07) is 7.01. The molecule has 218 valence electrons. The van der Waals surface area contributed by atoms with E-state index >= 15 is 0 Å². The highest BCUT2D eigenvalue weighted by molar-refractivity contribution is 7.99. The van der Waals surface area contributed by atoms with Crippen LogP contribution < -0.4 is 20.7 Å². The first kappa shape index (κ1) is 31.1. The van der Waals surface area contributed by atoms with E-state index in [2.05, 4.69) is 16.0 Å². The van der Waals surface area contributed by atoms with Gasteiger partial charge in [-0.3, -0.25) is 9.59 Å². The minimum Gasteiger partial charge on any atom is -0.497 e. The topological polar surface area (TPSA) is 106 Å². The normalized spacial score (nSPS) is 20.9. The lowest BCUT2D eigenvalue weighted by Crippen LogP contribution is -2.50. The van der Waals surface area contributed by atoms with Gasteiger partial charge in [-0.1, -0.05) is 31.4 Å². The van der Waals surface area contributed by atoms with Crippen molar-refractivity contribution >= 4 is 29.7 Å². The minimum atomic E-state index is -0.582. The number of carbonyl (C=O) groups excluding carboxylic acids is 3. The zero-order valence-corrected chi connectivity index (χ0v) is 24.9. The van der Waals surface area contributed by atoms with Crippen LogP contribution in [0.15, 0.2) is 24.3 Å². The van der Waals surface area contributed by atoms with Crippen molar-refractivity contribution in [2.75, 3.05) is 18.6 Å². The number of hydrogen-bond acceptors (Lipinski definition) is 6. The third kappa shape index (κ3) is 11.3. The van der Waals surface area contributed by atoms with Crippen LogP contribution in [0.3, 0.4) is 0 Å². The van der Waals surface area contributed by atoms with E-state index in [0.717, 1.165) is 17.1 Å². The first-order valence-electron chi connectivity index (χ1n) is 14.4. The predicted molar refractivity (Wildman–Crippen MR) is 156 cm³/mol. The van der Waals surface area contributed by atoms with Crippen LogP contribution in [0.5, 0.6) is 5.75 Å². The number of hydrogen-bond donors (Lipinski definition) is 3. The molecule has 3 amide bonds. The summed E-state index contributed by atoms with van der Waals surface area (Å²) in [7, 11) is 1.62. The van der Waals surface area contributed by atoms with Crippen molar-refractivity contribution in [2.24, 2.45) is 11.8 Å². The van der Waals surface area contributed by atoms with Gasteiger partial charge in [-0.25, -0.2) is 4.79 Å². The van der Waals surface area contributed by atoms with Crippen molar-refractivity contribution in [3.05, 3.63) is 29.8 Å². The molecule has 0 unspecified atom stereocenters. The molecule has 0 aromatic heterocycles. The molecule has 0 spiro atoms. The van der Waals surface area contributed by atoms with Gasteiger partial charge in [0.05, 0.1) is 7.11 Å². The molecule has 0 bridgehead atoms. The molecule has 2 aliphatic carbocycles. The van der Waals surface area contributed by atoms with Crippen molar-refractivity contribution < 1.29 is 23.9 Å². The molecular formula is C30H47N3O5S. The van der Waals surface area contributed by atoms with E-state index in [9.17, 15) is 14.4 Å². The van der Waals surface area contributed by atoms with Crippen LogP contribution in [0.4, 0.5) is 4.79 Å². The molecule has 1 aromatic rings. The number of thioether (sulfide) groups is 1. The molecule has 3 rings (SSSR count). The van der Waals surface area contributed by atoms with E-state index < -0.39 is 17.7 Å². The Labute approximate surface area is 238 Å². The molecule has 2 fully saturated rings. The number of carbonyl (C=O) groups is 3. The molecule has 9 heteroatoms. The molecule has 3 N–H and O–H groups in total. The van der Waals surface area contributed by atoms with Gasteiger partial charge in [0, 0.05) is 24.3 Å². The lowest BCUT2D eigenvalue weighted by atomic mass is 9.85. The van der Waals surface area contributed by atoms with E-state index in [1.54, 1.807) is 18.9 Å². The van der Waals surface area contributed by atoms with Crippen LogP contribution >= 0.6 is 11.8 Å². The molecule has 0 aliphatic heterocycles. The summed E-state index contributed by atoms with van der Waals surface area (Å²) >= 11 is 1.77. The number of amides is 3. The Kier molecular flexibility index (Phi) is 12.3. The quantitative estimate of drug-likeness (QED) is 0.343. The number of benzene rings is 1. The summed E-state index contributed by atoms with van der Waals surface area (Å²) in [6.07, 6.45) is 8.76. The van der Waals surface area contributed by atoms with Gasteiger partial charge in [-0.2, -0.15) is 11.8 Å². The average Bonchev–Trinajstić information content (AvgIpc) is 2.91. The Morgan fingerprint density at radius 2 is 1.64 bits per heavy atom. The fraction of sp³-hybridized carbons (Fsp3) is 0.700. The third-order valence-corrected chi connectivity index (χ3v) is 8.72. The monoisotopic (exact) mass is 561 g/mol. The third-order valence-electron chi connectivity index (χ3n) is 7.44. The highest BCUT2D eigenvalue weighted by atomic mass is 32.2. The largest absolute Gasteiger partial charge is 0.497 e. The van der Waals surface area contributed by atoms with Crippen molar-refractivity contribution in [2.45, 2.75) is 103 Å². The molecule has 0 saturated heterocycles. The maximum Gasteiger partial charge on any atom is 0.407 e. The lowest BCUT2D eigenvalue weighted by molar-refractivity contribution is -0.131. The highest BCUT2D eigenvalue weighted by Crippen LogP contribution is 2.28. The second-order valence-electron chi connectivity index (χ2n) is 11.9. The van der Waals surface area contributed by atoms with E-state index in [4.69, 9.17) is 9.47 Å². The van der Waals surface area contributed by atoms with E-state index in [-0.39, 0.29) is 23.8 Å². The molecule has 1 atom stereocenters. The van der Waals surface area contributed by atoms with Gasteiger partial charge < -0.3 is 25.4 Å². The Morgan fingerprint density at radius 3 is 2.26 bits per heavy atom. The van der Waals surface area contributed by atoms with Gasteiger partial charge >= 0.3 is 6.09 Å². The number of nitrogens with one attached hydrogen (secondary N) is 3. The molecule has 0 radical (unpaired) electrons. The minimum absolute atomic E-state index is 0.00135. The predicted octanol–water partition coefficient (Wildman–Crippen LogP) is 5.19. The maximum absolute atomic E-state index is 13.2. The lowest BCUT2D eigenvalue weighted by Gasteiger charge is -2.30. The highest BCUT2D eigenvalue weighted by Gasteiger charge is 2.31. The van der Waals surface area contributed by atoms with Crippen LogP contribution in [-0.4, -0.2) is 54.2 Å². The van der Waals surface area contributed by atoms with Gasteiger partial charge in [-0.05, 0) is 88.7 Å². The second-order valence-corrected chi connectivity index (χ2v) is 12.9. The molecule has 0 heterocycles. The molecule has 39 heavy (non-hydrogen) atoms. The Bertz CT molecular complexity index is 920. The molecule has 8 nitrogen and oxygen atoms in total. The number of ether oxygens (including phenoxy) is 2. The maximum atomic E-state index is 13.2. The summed E-state index contributed by atoms with van der Waals surface area (Å²) in [6.45, 7) is 5.91. The number of rotatable bonds is 11. The fourth-order valence-corrected chi connectivity index (χ4v) is 6.48. The number of alkyl carbamates (subject to hydrolysis) is 1. The van der Waals surface area contributed by atoms with Crippen molar-refractivity contribution in [3.63, 3.8) is 0 Å². The van der Waals surface area contributed by atoms with Crippen molar-refractivity contribution in [3.8, 4) is 5.75 Å². The summed E-state index contributed by atoms with van der Waals surface area (Å²) in [5.74, 6) is 2.66. The van der Waals surface area contributed by atoms with Crippen molar-refractivity contribution in [1.82, 2.24) is 16.0 Å². The average molecular weight is 562 g/mol. The van der Waals surface area contributed by atoms with Crippen LogP contribution in [0.1, 0.15) is 84.1 Å². The van der Waals surface area contributed by atoms with Crippen LogP contribution in [0, 0.1) is 11.8 Å². The van der Waals surface area contributed by atoms with Crippen LogP contribution in [0.2, 0.25) is 0 Å². The van der Waals surface area contributed by atoms with E-state index in [1.807, 2.05) is 45.0 Å². The van der Waals surface area contributed by atoms with Crippen LogP contribution in [-0.2, 0) is 20.9 Å². The Morgan fingerprint density at radius 1 is 0.974 bits per heavy atom. The Hall–Kier alpha value is -2.42. The Balaban J connectivity index is 1.51. The van der Waals surface area contributed by atoms with Crippen LogP contribution in [0.25, 0.3) is 0 Å². The number of methoxy groups -OCH3 is 1. The molecular weight excluding hydrogens is 514 g/mol. The fourth-order valence-electron chi connectivity index (χ4n) is 5.21. The van der Waals surface area contributed by atoms with E-state index in [0.29, 0.717) is 43.9 Å². The van der Waals surface area contributed by atoms with Gasteiger partial charge in [0.25, 0.3) is 0 Å². The first-order valence-corrected chi connectivity index (χ1v) is 15.6. The zero-order valence-electron chi connectivity index (χ0n) is 24.1. The van der Waals surface area contributed by atoms with Gasteiger partial charge in [0.2, 0.25) is 11.8 Å². The molecule has 1 aromatic carbocycles. The molecule has 2 aliphatic rings. The first-order chi connectivity index (χ1) is 18.6. The SMILES string of the molecule is COc1ccc(CNC(=O)[C@H](CSCC2CCCCC2)NC(=O)C2CCC(NC(=O)OC(C)(C)C)CC2)cc1. The smallest absolute Gasteiger partial charge is 0.407 e. The summed E-state index contributed by atoms with van der Waals surface area (Å²) in [5, 5.41) is 9.00. The summed E-state index contributed by atoms with van der Waals surface area (Å²) in [4.78, 5) is 38.5. The van der Waals surface area contributed by atoms with Gasteiger partial charge in [0.15, 0.2) is 0 Å². The van der Waals surface area contributed by atoms with Gasteiger partial charge in [0.1, 0.15) is 17.4 Å².